The molecule has 12 rings (SSSR count). The molecule has 3 aromatic heterocycles. The van der Waals surface area contributed by atoms with Crippen LogP contribution in [0.3, 0.4) is 0 Å². The minimum atomic E-state index is 0.696. The third-order valence-electron chi connectivity index (χ3n) is 12.2. The monoisotopic (exact) mass is 790 g/mol. The fraction of sp³-hybridized carbons (Fsp3) is 0. The Bertz CT molecular complexity index is 3530. The second-order valence-electron chi connectivity index (χ2n) is 15.8. The molecule has 0 radical (unpaired) electrons. The number of benzene rings is 9. The van der Waals surface area contributed by atoms with Crippen molar-refractivity contribution in [1.29, 1.82) is 0 Å². The molecule has 3 heterocycles. The van der Waals surface area contributed by atoms with Gasteiger partial charge in [0.1, 0.15) is 0 Å². The SMILES string of the molecule is c1ccc(-c2ccc(-n3c4ccccc4c4cc(-c5ccc6c7ccccc7n(-c7ccc(-c8nc(-c9ccccc9)cc(-c9ccccc9)n8)cc7)c6c5)ccc43)cc2)cc1. The summed E-state index contributed by atoms with van der Waals surface area (Å²) in [6.45, 7) is 0. The quantitative estimate of drug-likeness (QED) is 0.161. The van der Waals surface area contributed by atoms with Gasteiger partial charge in [0.15, 0.2) is 5.82 Å². The molecule has 0 aliphatic heterocycles. The minimum Gasteiger partial charge on any atom is -0.309 e. The molecule has 62 heavy (non-hydrogen) atoms. The van der Waals surface area contributed by atoms with Crippen LogP contribution < -0.4 is 0 Å². The number of para-hydroxylation sites is 2. The molecule has 12 aromatic rings. The zero-order chi connectivity index (χ0) is 41.0. The Balaban J connectivity index is 0.952. The van der Waals surface area contributed by atoms with Crippen molar-refractivity contribution in [2.24, 2.45) is 0 Å². The van der Waals surface area contributed by atoms with Crippen molar-refractivity contribution in [3.8, 4) is 67.5 Å². The van der Waals surface area contributed by atoms with Gasteiger partial charge in [-0.25, -0.2) is 9.97 Å². The van der Waals surface area contributed by atoms with Gasteiger partial charge in [-0.05, 0) is 95.1 Å². The Morgan fingerprint density at radius 2 is 0.645 bits per heavy atom. The molecular formula is C58H38N4. The van der Waals surface area contributed by atoms with Crippen molar-refractivity contribution in [2.45, 2.75) is 0 Å². The van der Waals surface area contributed by atoms with Crippen LogP contribution in [0.5, 0.6) is 0 Å². The summed E-state index contributed by atoms with van der Waals surface area (Å²) in [6.07, 6.45) is 0. The first-order valence-corrected chi connectivity index (χ1v) is 21.1. The van der Waals surface area contributed by atoms with Gasteiger partial charge in [-0.15, -0.1) is 0 Å². The lowest BCUT2D eigenvalue weighted by Gasteiger charge is -2.12. The molecule has 0 amide bonds. The summed E-state index contributed by atoms with van der Waals surface area (Å²) in [4.78, 5) is 10.2. The second kappa shape index (κ2) is 14.7. The molecule has 4 nitrogen and oxygen atoms in total. The Labute approximate surface area is 359 Å². The van der Waals surface area contributed by atoms with E-state index in [0.717, 1.165) is 50.5 Å². The first kappa shape index (κ1) is 35.6. The third kappa shape index (κ3) is 6.08. The standard InChI is InChI=1S/C58H38N4/c1-4-14-39(15-5-1)40-24-30-46(31-25-40)61-55-23-13-11-21-49(55)51-36-44(29-35-56(51)61)45-28-34-50-48-20-10-12-22-54(48)62(57(50)37-45)47-32-26-43(27-33-47)58-59-52(41-16-6-2-7-17-41)38-53(60-58)42-18-8-3-9-19-42/h1-38H. The van der Waals surface area contributed by atoms with Gasteiger partial charge in [0.05, 0.1) is 33.5 Å². The van der Waals surface area contributed by atoms with Gasteiger partial charge in [-0.3, -0.25) is 0 Å². The van der Waals surface area contributed by atoms with Crippen molar-refractivity contribution in [1.82, 2.24) is 19.1 Å². The lowest BCUT2D eigenvalue weighted by Crippen LogP contribution is -1.97. The molecule has 290 valence electrons. The van der Waals surface area contributed by atoms with E-state index in [0.29, 0.717) is 5.82 Å². The van der Waals surface area contributed by atoms with E-state index in [-0.39, 0.29) is 0 Å². The van der Waals surface area contributed by atoms with Gasteiger partial charge in [0.25, 0.3) is 0 Å². The Hall–Kier alpha value is -8.34. The molecule has 9 aromatic carbocycles. The number of nitrogens with zero attached hydrogens (tertiary/aromatic N) is 4. The number of hydrogen-bond acceptors (Lipinski definition) is 2. The van der Waals surface area contributed by atoms with Gasteiger partial charge in [-0.1, -0.05) is 158 Å². The average molecular weight is 791 g/mol. The minimum absolute atomic E-state index is 0.696. The number of rotatable bonds is 7. The van der Waals surface area contributed by atoms with E-state index in [9.17, 15) is 0 Å². The maximum absolute atomic E-state index is 5.09. The lowest BCUT2D eigenvalue weighted by atomic mass is 10.0. The largest absolute Gasteiger partial charge is 0.309 e. The van der Waals surface area contributed by atoms with E-state index < -0.39 is 0 Å². The van der Waals surface area contributed by atoms with Crippen LogP contribution in [0.1, 0.15) is 0 Å². The summed E-state index contributed by atoms with van der Waals surface area (Å²) in [6, 6.07) is 82.2. The van der Waals surface area contributed by atoms with E-state index in [1.807, 2.05) is 12.1 Å². The van der Waals surface area contributed by atoms with Crippen molar-refractivity contribution in [3.05, 3.63) is 231 Å². The van der Waals surface area contributed by atoms with Gasteiger partial charge < -0.3 is 9.13 Å². The van der Waals surface area contributed by atoms with Gasteiger partial charge in [-0.2, -0.15) is 0 Å². The maximum Gasteiger partial charge on any atom is 0.160 e. The highest BCUT2D eigenvalue weighted by Crippen LogP contribution is 2.39. The summed E-state index contributed by atoms with van der Waals surface area (Å²) < 4.78 is 4.78. The lowest BCUT2D eigenvalue weighted by molar-refractivity contribution is 1.16. The highest BCUT2D eigenvalue weighted by Gasteiger charge is 2.17. The van der Waals surface area contributed by atoms with Gasteiger partial charge >= 0.3 is 0 Å². The summed E-state index contributed by atoms with van der Waals surface area (Å²) in [7, 11) is 0. The van der Waals surface area contributed by atoms with Crippen LogP contribution in [-0.2, 0) is 0 Å². The van der Waals surface area contributed by atoms with Crippen molar-refractivity contribution < 1.29 is 0 Å². The summed E-state index contributed by atoms with van der Waals surface area (Å²) in [5.74, 6) is 0.696. The first-order chi connectivity index (χ1) is 30.7. The molecule has 0 saturated carbocycles. The van der Waals surface area contributed by atoms with E-state index in [4.69, 9.17) is 9.97 Å². The fourth-order valence-electron chi connectivity index (χ4n) is 9.14. The predicted octanol–water partition coefficient (Wildman–Crippen LogP) is 15.0. The fourth-order valence-corrected chi connectivity index (χ4v) is 9.14. The van der Waals surface area contributed by atoms with Crippen LogP contribution in [0, 0.1) is 0 Å². The van der Waals surface area contributed by atoms with Crippen LogP contribution in [-0.4, -0.2) is 19.1 Å². The number of aromatic nitrogens is 4. The van der Waals surface area contributed by atoms with Gasteiger partial charge in [0.2, 0.25) is 0 Å². The molecule has 0 atom stereocenters. The summed E-state index contributed by atoms with van der Waals surface area (Å²) in [5.41, 5.74) is 16.6. The molecule has 0 aliphatic rings. The van der Waals surface area contributed by atoms with Crippen molar-refractivity contribution >= 4 is 43.6 Å². The Morgan fingerprint density at radius 3 is 1.24 bits per heavy atom. The van der Waals surface area contributed by atoms with Gasteiger partial charge in [0, 0.05) is 49.6 Å². The van der Waals surface area contributed by atoms with E-state index in [1.54, 1.807) is 0 Å². The summed E-state index contributed by atoms with van der Waals surface area (Å²) in [5, 5.41) is 4.91. The first-order valence-electron chi connectivity index (χ1n) is 21.1. The molecule has 0 N–H and O–H groups in total. The number of fused-ring (bicyclic) bond motifs is 6. The molecule has 0 aliphatic carbocycles. The highest BCUT2D eigenvalue weighted by atomic mass is 15.0. The second-order valence-corrected chi connectivity index (χ2v) is 15.8. The van der Waals surface area contributed by atoms with E-state index in [1.165, 1.54) is 54.8 Å². The Kier molecular flexibility index (Phi) is 8.46. The molecule has 4 heteroatoms. The van der Waals surface area contributed by atoms with E-state index >= 15 is 0 Å². The van der Waals surface area contributed by atoms with Crippen LogP contribution in [0.4, 0.5) is 0 Å². The maximum atomic E-state index is 5.09. The molecule has 0 spiro atoms. The average Bonchev–Trinajstić information content (AvgIpc) is 3.87. The predicted molar refractivity (Wildman–Crippen MR) is 258 cm³/mol. The van der Waals surface area contributed by atoms with Crippen LogP contribution >= 0.6 is 0 Å². The number of hydrogen-bond donors (Lipinski definition) is 0. The van der Waals surface area contributed by atoms with Crippen LogP contribution in [0.15, 0.2) is 231 Å². The third-order valence-corrected chi connectivity index (χ3v) is 12.2. The molecular weight excluding hydrogens is 753 g/mol. The van der Waals surface area contributed by atoms with Crippen molar-refractivity contribution in [2.75, 3.05) is 0 Å². The Morgan fingerprint density at radius 1 is 0.242 bits per heavy atom. The molecule has 0 bridgehead atoms. The topological polar surface area (TPSA) is 35.6 Å². The highest BCUT2D eigenvalue weighted by molar-refractivity contribution is 6.12. The van der Waals surface area contributed by atoms with Crippen LogP contribution in [0.2, 0.25) is 0 Å². The zero-order valence-electron chi connectivity index (χ0n) is 33.7. The molecule has 0 unspecified atom stereocenters. The van der Waals surface area contributed by atoms with Crippen LogP contribution in [0.25, 0.3) is 111 Å². The molecule has 0 saturated heterocycles. The zero-order valence-corrected chi connectivity index (χ0v) is 33.7. The smallest absolute Gasteiger partial charge is 0.160 e. The van der Waals surface area contributed by atoms with E-state index in [2.05, 4.69) is 228 Å². The van der Waals surface area contributed by atoms with Crippen molar-refractivity contribution in [3.63, 3.8) is 0 Å². The summed E-state index contributed by atoms with van der Waals surface area (Å²) >= 11 is 0. The normalized spacial score (nSPS) is 11.5. The molecule has 0 fully saturated rings.